The van der Waals surface area contributed by atoms with E-state index in [9.17, 15) is 4.79 Å². The van der Waals surface area contributed by atoms with Gasteiger partial charge in [-0.25, -0.2) is 4.79 Å². The second-order valence-corrected chi connectivity index (χ2v) is 9.73. The Balaban J connectivity index is 1.62. The quantitative estimate of drug-likeness (QED) is 0.438. The summed E-state index contributed by atoms with van der Waals surface area (Å²) in [6.45, 7) is 4.03. The molecule has 2 aliphatic rings. The normalized spacial score (nSPS) is 19.7. The van der Waals surface area contributed by atoms with Crippen LogP contribution in [0.5, 0.6) is 5.75 Å². The third-order valence-electron chi connectivity index (χ3n) is 5.37. The zero-order valence-electron chi connectivity index (χ0n) is 15.9. The number of rotatable bonds is 5. The Morgan fingerprint density at radius 2 is 1.73 bits per heavy atom. The van der Waals surface area contributed by atoms with Crippen molar-refractivity contribution in [1.29, 1.82) is 0 Å². The zero-order valence-corrected chi connectivity index (χ0v) is 16.8. The third-order valence-corrected chi connectivity index (χ3v) is 7.83. The van der Waals surface area contributed by atoms with E-state index >= 15 is 0 Å². The van der Waals surface area contributed by atoms with Crippen LogP contribution in [-0.2, 0) is 20.4 Å². The summed E-state index contributed by atoms with van der Waals surface area (Å²) in [7, 11) is 0.387. The van der Waals surface area contributed by atoms with E-state index in [4.69, 9.17) is 15.9 Å². The van der Waals surface area contributed by atoms with Crippen molar-refractivity contribution in [2.45, 2.75) is 69.3 Å². The van der Waals surface area contributed by atoms with Crippen LogP contribution in [0.4, 0.5) is 0 Å². The number of benzene rings is 1. The van der Waals surface area contributed by atoms with Crippen LogP contribution in [0.15, 0.2) is 17.0 Å². The lowest BCUT2D eigenvalue weighted by Gasteiger charge is -2.31. The summed E-state index contributed by atoms with van der Waals surface area (Å²) < 4.78 is 11.5. The molecule has 1 saturated carbocycles. The van der Waals surface area contributed by atoms with Gasteiger partial charge in [0.15, 0.2) is 17.1 Å². The molecular formula is C22H29O3S+. The van der Waals surface area contributed by atoms with E-state index < -0.39 is 5.60 Å². The highest BCUT2D eigenvalue weighted by molar-refractivity contribution is 7.97. The van der Waals surface area contributed by atoms with Crippen molar-refractivity contribution in [3.8, 4) is 18.1 Å². The number of hydrogen-bond acceptors (Lipinski definition) is 3. The predicted octanol–water partition coefficient (Wildman–Crippen LogP) is 4.33. The molecule has 4 heteroatoms. The molecule has 1 aromatic rings. The second-order valence-electron chi connectivity index (χ2n) is 7.46. The molecule has 0 unspecified atom stereocenters. The summed E-state index contributed by atoms with van der Waals surface area (Å²) in [6.07, 6.45) is 13.0. The highest BCUT2D eigenvalue weighted by Crippen LogP contribution is 2.32. The Bertz CT molecular complexity index is 669. The number of ether oxygens (including phenoxy) is 2. The molecule has 26 heavy (non-hydrogen) atoms. The molecule has 0 amide bonds. The Morgan fingerprint density at radius 1 is 1.12 bits per heavy atom. The Hall–Kier alpha value is -1.60. The van der Waals surface area contributed by atoms with Gasteiger partial charge in [-0.2, -0.15) is 0 Å². The van der Waals surface area contributed by atoms with Crippen LogP contribution >= 0.6 is 0 Å². The van der Waals surface area contributed by atoms with Crippen molar-refractivity contribution in [2.75, 3.05) is 18.1 Å². The summed E-state index contributed by atoms with van der Waals surface area (Å²) in [5, 5.41) is 0. The topological polar surface area (TPSA) is 35.5 Å². The third kappa shape index (κ3) is 4.38. The lowest BCUT2D eigenvalue weighted by atomic mass is 9.85. The van der Waals surface area contributed by atoms with Gasteiger partial charge in [-0.3, -0.25) is 0 Å². The molecule has 0 bridgehead atoms. The van der Waals surface area contributed by atoms with Crippen molar-refractivity contribution < 1.29 is 14.3 Å². The van der Waals surface area contributed by atoms with E-state index in [1.807, 2.05) is 0 Å². The van der Waals surface area contributed by atoms with Gasteiger partial charge in [-0.05, 0) is 75.6 Å². The van der Waals surface area contributed by atoms with E-state index in [1.54, 1.807) is 0 Å². The van der Waals surface area contributed by atoms with Crippen LogP contribution in [0.3, 0.4) is 0 Å². The maximum atomic E-state index is 12.3. The van der Waals surface area contributed by atoms with E-state index in [0.29, 0.717) is 10.9 Å². The molecular weight excluding hydrogens is 344 g/mol. The minimum Gasteiger partial charge on any atom is -0.481 e. The predicted molar refractivity (Wildman–Crippen MR) is 107 cm³/mol. The van der Waals surface area contributed by atoms with Crippen LogP contribution in [-0.4, -0.2) is 29.7 Å². The minimum atomic E-state index is -0.726. The number of carbonyl (C=O) groups is 1. The Morgan fingerprint density at radius 3 is 2.31 bits per heavy atom. The van der Waals surface area contributed by atoms with Crippen molar-refractivity contribution in [1.82, 2.24) is 0 Å². The van der Waals surface area contributed by atoms with Gasteiger partial charge in [0.1, 0.15) is 17.3 Å². The molecule has 1 heterocycles. The fourth-order valence-corrected chi connectivity index (χ4v) is 6.44. The molecule has 0 atom stereocenters. The van der Waals surface area contributed by atoms with Crippen molar-refractivity contribution in [2.24, 2.45) is 0 Å². The summed E-state index contributed by atoms with van der Waals surface area (Å²) in [6, 6.07) is 4.46. The average Bonchev–Trinajstić information content (AvgIpc) is 3.16. The fraction of sp³-hybridized carbons (Fsp3) is 0.591. The van der Waals surface area contributed by atoms with Crippen LogP contribution in [0.1, 0.15) is 56.1 Å². The summed E-state index contributed by atoms with van der Waals surface area (Å²) >= 11 is 0. The zero-order chi connectivity index (χ0) is 18.6. The minimum absolute atomic E-state index is 0.0871. The first-order valence-corrected chi connectivity index (χ1v) is 11.2. The van der Waals surface area contributed by atoms with Crippen LogP contribution in [0.2, 0.25) is 0 Å². The molecule has 140 valence electrons. The summed E-state index contributed by atoms with van der Waals surface area (Å²) in [4.78, 5) is 13.7. The SMILES string of the molecule is C#CC1(OC(=O)COc2c(C)cc([S+]3CCCC3)cc2C)CCCCC1. The van der Waals surface area contributed by atoms with Crippen LogP contribution in [0.25, 0.3) is 0 Å². The lowest BCUT2D eigenvalue weighted by molar-refractivity contribution is -0.159. The summed E-state index contributed by atoms with van der Waals surface area (Å²) in [5.41, 5.74) is 1.46. The van der Waals surface area contributed by atoms with E-state index in [2.05, 4.69) is 31.9 Å². The molecule has 0 aromatic heterocycles. The molecule has 0 radical (unpaired) electrons. The first kappa shape index (κ1) is 19.2. The smallest absolute Gasteiger partial charge is 0.345 e. The molecule has 1 aliphatic heterocycles. The monoisotopic (exact) mass is 373 g/mol. The second kappa shape index (κ2) is 8.39. The van der Waals surface area contributed by atoms with Gasteiger partial charge in [0.2, 0.25) is 0 Å². The average molecular weight is 374 g/mol. The van der Waals surface area contributed by atoms with Crippen molar-refractivity contribution in [3.05, 3.63) is 23.3 Å². The van der Waals surface area contributed by atoms with Gasteiger partial charge in [-0.1, -0.05) is 12.3 Å². The standard InChI is InChI=1S/C22H29O3S/c1-4-22(10-6-5-7-11-22)25-20(23)16-24-21-17(2)14-19(15-18(21)3)26-12-8-9-13-26/h1,14-15H,5-13,16H2,2-3H3/q+1. The number of hydrogen-bond donors (Lipinski definition) is 0. The van der Waals surface area contributed by atoms with E-state index in [-0.39, 0.29) is 12.6 Å². The number of carbonyl (C=O) groups excluding carboxylic acids is 1. The van der Waals surface area contributed by atoms with Gasteiger partial charge in [0.05, 0.1) is 0 Å². The summed E-state index contributed by atoms with van der Waals surface area (Å²) in [5.74, 6) is 5.75. The Kier molecular flexibility index (Phi) is 6.19. The van der Waals surface area contributed by atoms with Gasteiger partial charge in [-0.15, -0.1) is 6.42 Å². The fourth-order valence-electron chi connectivity index (χ4n) is 3.97. The number of terminal acetylenes is 1. The van der Waals surface area contributed by atoms with Crippen LogP contribution in [0, 0.1) is 26.2 Å². The van der Waals surface area contributed by atoms with E-state index in [0.717, 1.165) is 49.0 Å². The van der Waals surface area contributed by atoms with Gasteiger partial charge in [0, 0.05) is 10.9 Å². The molecule has 3 nitrogen and oxygen atoms in total. The molecule has 0 spiro atoms. The van der Waals surface area contributed by atoms with Gasteiger partial charge < -0.3 is 9.47 Å². The van der Waals surface area contributed by atoms with E-state index in [1.165, 1.54) is 29.2 Å². The highest BCUT2D eigenvalue weighted by Gasteiger charge is 2.34. The molecule has 1 aliphatic carbocycles. The van der Waals surface area contributed by atoms with Crippen molar-refractivity contribution >= 4 is 16.9 Å². The maximum absolute atomic E-state index is 12.3. The molecule has 1 saturated heterocycles. The van der Waals surface area contributed by atoms with Crippen molar-refractivity contribution in [3.63, 3.8) is 0 Å². The highest BCUT2D eigenvalue weighted by atomic mass is 32.2. The van der Waals surface area contributed by atoms with Gasteiger partial charge in [0.25, 0.3) is 0 Å². The Labute approximate surface area is 160 Å². The van der Waals surface area contributed by atoms with Gasteiger partial charge >= 0.3 is 5.97 Å². The molecule has 3 rings (SSSR count). The number of esters is 1. The first-order chi connectivity index (χ1) is 12.5. The largest absolute Gasteiger partial charge is 0.481 e. The molecule has 0 N–H and O–H groups in total. The molecule has 2 fully saturated rings. The maximum Gasteiger partial charge on any atom is 0.345 e. The molecule has 1 aromatic carbocycles. The lowest BCUT2D eigenvalue weighted by Crippen LogP contribution is -2.37. The number of aryl methyl sites for hydroxylation is 2. The van der Waals surface area contributed by atoms with Crippen LogP contribution < -0.4 is 4.74 Å². The first-order valence-electron chi connectivity index (χ1n) is 9.64.